The third kappa shape index (κ3) is 0.815. The molecule has 1 rings (SSSR count). The highest BCUT2D eigenvalue weighted by molar-refractivity contribution is 4.89. The molecule has 0 bridgehead atoms. The van der Waals surface area contributed by atoms with Crippen molar-refractivity contribution in [3.63, 3.8) is 0 Å². The van der Waals surface area contributed by atoms with Crippen LogP contribution in [0.25, 0.3) is 0 Å². The normalized spacial score (nSPS) is 37.0. The van der Waals surface area contributed by atoms with Crippen molar-refractivity contribution in [2.24, 2.45) is 0 Å². The van der Waals surface area contributed by atoms with Gasteiger partial charge in [0, 0.05) is 6.92 Å². The topological polar surface area (TPSA) is 18.5 Å². The SMILES string of the molecule is C=C1OC(F)(F)[C@](C)(F)O1. The molecule has 0 aromatic rings. The minimum atomic E-state index is -3.93. The van der Waals surface area contributed by atoms with Crippen LogP contribution in [0.3, 0.4) is 0 Å². The van der Waals surface area contributed by atoms with Crippen molar-refractivity contribution in [3.05, 3.63) is 12.5 Å². The number of rotatable bonds is 0. The summed E-state index contributed by atoms with van der Waals surface area (Å²) in [6.45, 7) is 3.46. The van der Waals surface area contributed by atoms with Crippen LogP contribution in [0, 0.1) is 0 Å². The summed E-state index contributed by atoms with van der Waals surface area (Å²) in [5.41, 5.74) is 0. The average Bonchev–Trinajstić information content (AvgIpc) is 1.73. The molecular formula is C5H5F3O2. The van der Waals surface area contributed by atoms with Gasteiger partial charge in [0.2, 0.25) is 0 Å². The largest absolute Gasteiger partial charge is 0.473 e. The molecule has 1 aliphatic heterocycles. The van der Waals surface area contributed by atoms with Gasteiger partial charge in [-0.2, -0.15) is 13.2 Å². The zero-order chi connectivity index (χ0) is 7.99. The van der Waals surface area contributed by atoms with E-state index in [1.807, 2.05) is 0 Å². The highest BCUT2D eigenvalue weighted by atomic mass is 19.3. The summed E-state index contributed by atoms with van der Waals surface area (Å²) >= 11 is 0. The molecule has 0 aromatic heterocycles. The lowest BCUT2D eigenvalue weighted by Crippen LogP contribution is -2.37. The molecule has 1 atom stereocenters. The third-order valence-corrected chi connectivity index (χ3v) is 1.07. The molecular weight excluding hydrogens is 149 g/mol. The molecule has 1 fully saturated rings. The summed E-state index contributed by atoms with van der Waals surface area (Å²) < 4.78 is 44.4. The van der Waals surface area contributed by atoms with Crippen LogP contribution >= 0.6 is 0 Å². The Labute approximate surface area is 55.2 Å². The standard InChI is InChI=1S/C5H5F3O2/c1-3-9-4(2,6)5(7,8)10-3/h1H2,2H3/t4-/m1/s1. The van der Waals surface area contributed by atoms with E-state index in [1.165, 1.54) is 0 Å². The van der Waals surface area contributed by atoms with E-state index < -0.39 is 17.9 Å². The lowest BCUT2D eigenvalue weighted by Gasteiger charge is -2.15. The van der Waals surface area contributed by atoms with Gasteiger partial charge >= 0.3 is 12.0 Å². The van der Waals surface area contributed by atoms with E-state index >= 15 is 0 Å². The van der Waals surface area contributed by atoms with E-state index in [4.69, 9.17) is 0 Å². The Bertz CT molecular complexity index is 158. The van der Waals surface area contributed by atoms with Crippen LogP contribution in [0.15, 0.2) is 12.5 Å². The fraction of sp³-hybridized carbons (Fsp3) is 0.600. The van der Waals surface area contributed by atoms with Crippen LogP contribution < -0.4 is 0 Å². The monoisotopic (exact) mass is 154 g/mol. The van der Waals surface area contributed by atoms with Crippen molar-refractivity contribution < 1.29 is 22.6 Å². The van der Waals surface area contributed by atoms with Gasteiger partial charge in [-0.15, -0.1) is 0 Å². The minimum absolute atomic E-state index is 0.575. The molecule has 58 valence electrons. The smallest absolute Gasteiger partial charge is 0.419 e. The lowest BCUT2D eigenvalue weighted by molar-refractivity contribution is -0.280. The number of ether oxygens (including phenoxy) is 2. The van der Waals surface area contributed by atoms with E-state index in [0.717, 1.165) is 0 Å². The summed E-state index contributed by atoms with van der Waals surface area (Å²) in [6, 6.07) is 0. The van der Waals surface area contributed by atoms with Gasteiger partial charge in [-0.05, 0) is 6.58 Å². The second-order valence-electron chi connectivity index (χ2n) is 2.01. The van der Waals surface area contributed by atoms with E-state index in [9.17, 15) is 13.2 Å². The number of hydrogen-bond donors (Lipinski definition) is 0. The van der Waals surface area contributed by atoms with E-state index in [0.29, 0.717) is 6.92 Å². The molecule has 10 heavy (non-hydrogen) atoms. The van der Waals surface area contributed by atoms with Crippen LogP contribution in [0.5, 0.6) is 0 Å². The van der Waals surface area contributed by atoms with Crippen molar-refractivity contribution in [2.45, 2.75) is 18.9 Å². The molecule has 0 spiro atoms. The molecule has 0 N–H and O–H groups in total. The van der Waals surface area contributed by atoms with Crippen LogP contribution in [0.1, 0.15) is 6.92 Å². The maximum absolute atomic E-state index is 12.5. The summed E-state index contributed by atoms with van der Waals surface area (Å²) in [4.78, 5) is 0. The highest BCUT2D eigenvalue weighted by Gasteiger charge is 2.62. The quantitative estimate of drug-likeness (QED) is 0.529. The number of hydrogen-bond acceptors (Lipinski definition) is 2. The Kier molecular flexibility index (Phi) is 1.15. The van der Waals surface area contributed by atoms with Crippen LogP contribution in [0.2, 0.25) is 0 Å². The van der Waals surface area contributed by atoms with Gasteiger partial charge in [0.15, 0.2) is 0 Å². The van der Waals surface area contributed by atoms with Crippen molar-refractivity contribution in [1.82, 2.24) is 0 Å². The maximum Gasteiger partial charge on any atom is 0.473 e. The Morgan fingerprint density at radius 3 is 1.90 bits per heavy atom. The molecule has 0 aromatic carbocycles. The van der Waals surface area contributed by atoms with E-state index in [2.05, 4.69) is 16.1 Å². The Hall–Kier alpha value is -0.870. The molecule has 0 saturated carbocycles. The predicted octanol–water partition coefficient (Wildman–Crippen LogP) is 1.78. The molecule has 5 heteroatoms. The Morgan fingerprint density at radius 1 is 1.30 bits per heavy atom. The van der Waals surface area contributed by atoms with Gasteiger partial charge in [0.05, 0.1) is 0 Å². The fourth-order valence-electron chi connectivity index (χ4n) is 0.528. The summed E-state index contributed by atoms with van der Waals surface area (Å²) in [5, 5.41) is 0. The molecule has 1 saturated heterocycles. The predicted molar refractivity (Wildman–Crippen MR) is 25.8 cm³/mol. The minimum Gasteiger partial charge on any atom is -0.419 e. The third-order valence-electron chi connectivity index (χ3n) is 1.07. The Morgan fingerprint density at radius 2 is 1.80 bits per heavy atom. The van der Waals surface area contributed by atoms with Gasteiger partial charge in [0.1, 0.15) is 0 Å². The average molecular weight is 154 g/mol. The van der Waals surface area contributed by atoms with Crippen molar-refractivity contribution in [2.75, 3.05) is 0 Å². The number of alkyl halides is 3. The maximum atomic E-state index is 12.5. The van der Waals surface area contributed by atoms with Crippen molar-refractivity contribution in [1.29, 1.82) is 0 Å². The molecule has 0 unspecified atom stereocenters. The second-order valence-corrected chi connectivity index (χ2v) is 2.01. The molecule has 0 amide bonds. The first-order valence-electron chi connectivity index (χ1n) is 2.49. The zero-order valence-corrected chi connectivity index (χ0v) is 5.16. The molecule has 0 radical (unpaired) electrons. The van der Waals surface area contributed by atoms with Crippen LogP contribution in [0.4, 0.5) is 13.2 Å². The summed E-state index contributed by atoms with van der Waals surface area (Å²) in [6.07, 6.45) is -3.93. The summed E-state index contributed by atoms with van der Waals surface area (Å²) in [5.74, 6) is -3.79. The first-order chi connectivity index (χ1) is 4.35. The first-order valence-corrected chi connectivity index (χ1v) is 2.49. The van der Waals surface area contributed by atoms with E-state index in [1.54, 1.807) is 0 Å². The molecule has 1 aliphatic rings. The van der Waals surface area contributed by atoms with Crippen molar-refractivity contribution in [3.8, 4) is 0 Å². The zero-order valence-electron chi connectivity index (χ0n) is 5.16. The number of halogens is 3. The van der Waals surface area contributed by atoms with Gasteiger partial charge in [-0.3, -0.25) is 0 Å². The van der Waals surface area contributed by atoms with Crippen LogP contribution in [-0.4, -0.2) is 12.0 Å². The summed E-state index contributed by atoms with van der Waals surface area (Å²) in [7, 11) is 0. The van der Waals surface area contributed by atoms with Gasteiger partial charge in [0.25, 0.3) is 5.95 Å². The molecule has 1 heterocycles. The van der Waals surface area contributed by atoms with Gasteiger partial charge in [-0.25, -0.2) is 0 Å². The Balaban J connectivity index is 2.88. The first kappa shape index (κ1) is 7.24. The van der Waals surface area contributed by atoms with Crippen LogP contribution in [-0.2, 0) is 9.47 Å². The second kappa shape index (κ2) is 1.59. The van der Waals surface area contributed by atoms with Gasteiger partial charge in [-0.1, -0.05) is 0 Å². The van der Waals surface area contributed by atoms with E-state index in [-0.39, 0.29) is 0 Å². The molecule has 0 aliphatic carbocycles. The van der Waals surface area contributed by atoms with Crippen molar-refractivity contribution >= 4 is 0 Å². The van der Waals surface area contributed by atoms with Gasteiger partial charge < -0.3 is 9.47 Å². The fourth-order valence-corrected chi connectivity index (χ4v) is 0.528. The lowest BCUT2D eigenvalue weighted by atomic mass is 10.3. The molecule has 2 nitrogen and oxygen atoms in total. The highest BCUT2D eigenvalue weighted by Crippen LogP contribution is 2.43.